The van der Waals surface area contributed by atoms with Crippen LogP contribution in [0.15, 0.2) is 82.4 Å². The minimum atomic E-state index is -0.412. The van der Waals surface area contributed by atoms with Crippen LogP contribution in [-0.4, -0.2) is 21.6 Å². The molecule has 2 aromatic heterocycles. The van der Waals surface area contributed by atoms with E-state index in [1.165, 1.54) is 0 Å². The monoisotopic (exact) mass is 491 g/mol. The highest BCUT2D eigenvalue weighted by atomic mass is 35.5. The fourth-order valence-electron chi connectivity index (χ4n) is 3.78. The van der Waals surface area contributed by atoms with E-state index in [1.807, 2.05) is 35.0 Å². The lowest BCUT2D eigenvalue weighted by Crippen LogP contribution is -2.27. The second-order valence-electron chi connectivity index (χ2n) is 7.58. The molecule has 0 saturated carbocycles. The second kappa shape index (κ2) is 9.24. The molecule has 4 aromatic rings. The van der Waals surface area contributed by atoms with Gasteiger partial charge in [-0.3, -0.25) is 14.4 Å². The van der Waals surface area contributed by atoms with Crippen LogP contribution < -0.4 is 10.2 Å². The molecule has 1 saturated heterocycles. The van der Waals surface area contributed by atoms with E-state index in [-0.39, 0.29) is 17.7 Å². The fourth-order valence-corrected chi connectivity index (χ4v) is 4.79. The highest BCUT2D eigenvalue weighted by molar-refractivity contribution is 8.19. The predicted molar refractivity (Wildman–Crippen MR) is 132 cm³/mol. The Bertz CT molecular complexity index is 1440. The molecule has 5 rings (SSSR count). The zero-order chi connectivity index (χ0) is 23.7. The number of rotatable bonds is 6. The molecule has 0 bridgehead atoms. The summed E-state index contributed by atoms with van der Waals surface area (Å²) in [5.74, 6) is 0.0807. The van der Waals surface area contributed by atoms with Gasteiger partial charge in [0.15, 0.2) is 0 Å². The Labute approximate surface area is 204 Å². The van der Waals surface area contributed by atoms with Crippen molar-refractivity contribution in [2.45, 2.75) is 13.1 Å². The number of furan rings is 1. The SMILES string of the molecule is O=C(Cn1cc(/C=C2\SC(=O)N(c3cccc(Cl)c3)C2=O)c2ccccc21)NCc1ccco1. The van der Waals surface area contributed by atoms with E-state index in [4.69, 9.17) is 16.0 Å². The molecule has 34 heavy (non-hydrogen) atoms. The molecular weight excluding hydrogens is 474 g/mol. The average molecular weight is 492 g/mol. The van der Waals surface area contributed by atoms with Gasteiger partial charge in [-0.2, -0.15) is 0 Å². The van der Waals surface area contributed by atoms with Crippen molar-refractivity contribution in [2.75, 3.05) is 4.90 Å². The van der Waals surface area contributed by atoms with Gasteiger partial charge in [-0.1, -0.05) is 35.9 Å². The van der Waals surface area contributed by atoms with E-state index in [0.29, 0.717) is 27.9 Å². The molecule has 0 radical (unpaired) electrons. The van der Waals surface area contributed by atoms with Gasteiger partial charge in [0, 0.05) is 27.7 Å². The summed E-state index contributed by atoms with van der Waals surface area (Å²) in [7, 11) is 0. The molecule has 7 nitrogen and oxygen atoms in total. The van der Waals surface area contributed by atoms with Gasteiger partial charge in [0.25, 0.3) is 11.1 Å². The zero-order valence-corrected chi connectivity index (χ0v) is 19.3. The summed E-state index contributed by atoms with van der Waals surface area (Å²) in [4.78, 5) is 39.6. The number of hydrogen-bond donors (Lipinski definition) is 1. The summed E-state index contributed by atoms with van der Waals surface area (Å²) < 4.78 is 7.07. The number of carbonyl (C=O) groups excluding carboxylic acids is 3. The molecule has 2 aromatic carbocycles. The van der Waals surface area contributed by atoms with Crippen LogP contribution in [0.1, 0.15) is 11.3 Å². The third-order valence-electron chi connectivity index (χ3n) is 5.32. The largest absolute Gasteiger partial charge is 0.467 e. The fraction of sp³-hybridized carbons (Fsp3) is 0.0800. The van der Waals surface area contributed by atoms with Gasteiger partial charge in [0.05, 0.1) is 23.4 Å². The van der Waals surface area contributed by atoms with E-state index in [1.54, 1.807) is 48.7 Å². The summed E-state index contributed by atoms with van der Waals surface area (Å²) in [5.41, 5.74) is 2.01. The van der Waals surface area contributed by atoms with Crippen LogP contribution in [0.2, 0.25) is 5.02 Å². The third kappa shape index (κ3) is 4.37. The van der Waals surface area contributed by atoms with Gasteiger partial charge in [-0.25, -0.2) is 4.90 Å². The van der Waals surface area contributed by atoms with Crippen molar-refractivity contribution in [3.8, 4) is 0 Å². The van der Waals surface area contributed by atoms with E-state index < -0.39 is 5.91 Å². The number of nitrogens with one attached hydrogen (secondary N) is 1. The van der Waals surface area contributed by atoms with Crippen molar-refractivity contribution in [3.05, 3.63) is 94.4 Å². The lowest BCUT2D eigenvalue weighted by atomic mass is 10.1. The number of amides is 3. The number of halogens is 1. The van der Waals surface area contributed by atoms with Crippen LogP contribution in [0.4, 0.5) is 10.5 Å². The number of carbonyl (C=O) groups is 3. The first-order valence-electron chi connectivity index (χ1n) is 10.4. The summed E-state index contributed by atoms with van der Waals surface area (Å²) in [5, 5.41) is 3.75. The maximum absolute atomic E-state index is 13.0. The van der Waals surface area contributed by atoms with Crippen molar-refractivity contribution in [1.82, 2.24) is 9.88 Å². The first kappa shape index (κ1) is 22.1. The number of hydrogen-bond acceptors (Lipinski definition) is 5. The van der Waals surface area contributed by atoms with Gasteiger partial charge in [0.2, 0.25) is 5.91 Å². The van der Waals surface area contributed by atoms with E-state index >= 15 is 0 Å². The van der Waals surface area contributed by atoms with Gasteiger partial charge in [-0.05, 0) is 54.2 Å². The molecule has 0 unspecified atom stereocenters. The summed E-state index contributed by atoms with van der Waals surface area (Å²) in [6, 6.07) is 17.8. The van der Waals surface area contributed by atoms with Crippen LogP contribution in [-0.2, 0) is 22.7 Å². The highest BCUT2D eigenvalue weighted by Crippen LogP contribution is 2.37. The first-order chi connectivity index (χ1) is 16.5. The number of thioether (sulfide) groups is 1. The quantitative estimate of drug-likeness (QED) is 0.363. The van der Waals surface area contributed by atoms with Gasteiger partial charge in [0.1, 0.15) is 12.3 Å². The van der Waals surface area contributed by atoms with Crippen LogP contribution in [0.25, 0.3) is 17.0 Å². The Kier molecular flexibility index (Phi) is 6.00. The summed E-state index contributed by atoms with van der Waals surface area (Å²) in [6.07, 6.45) is 5.06. The molecule has 9 heteroatoms. The Hall–Kier alpha value is -3.75. The smallest absolute Gasteiger partial charge is 0.298 e. The molecule has 0 spiro atoms. The van der Waals surface area contributed by atoms with Crippen molar-refractivity contribution >= 4 is 63.1 Å². The Morgan fingerprint density at radius 2 is 1.94 bits per heavy atom. The first-order valence-corrected chi connectivity index (χ1v) is 11.6. The van der Waals surface area contributed by atoms with E-state index in [9.17, 15) is 14.4 Å². The zero-order valence-electron chi connectivity index (χ0n) is 17.7. The minimum Gasteiger partial charge on any atom is -0.467 e. The highest BCUT2D eigenvalue weighted by Gasteiger charge is 2.36. The molecule has 3 heterocycles. The number of nitrogens with zero attached hydrogens (tertiary/aromatic N) is 2. The van der Waals surface area contributed by atoms with Gasteiger partial charge >= 0.3 is 0 Å². The molecular formula is C25H18ClN3O4S. The Morgan fingerprint density at radius 3 is 2.74 bits per heavy atom. The van der Waals surface area contributed by atoms with Crippen molar-refractivity contribution < 1.29 is 18.8 Å². The molecule has 1 fully saturated rings. The maximum Gasteiger partial charge on any atom is 0.298 e. The average Bonchev–Trinajstić information content (AvgIpc) is 3.52. The molecule has 3 amide bonds. The maximum atomic E-state index is 13.0. The van der Waals surface area contributed by atoms with Crippen LogP contribution >= 0.6 is 23.4 Å². The summed E-state index contributed by atoms with van der Waals surface area (Å²) in [6.45, 7) is 0.396. The van der Waals surface area contributed by atoms with Crippen LogP contribution in [0.5, 0.6) is 0 Å². The van der Waals surface area contributed by atoms with Gasteiger partial charge in [-0.15, -0.1) is 0 Å². The standard InChI is InChI=1S/C25H18ClN3O4S/c26-17-5-3-6-18(12-17)29-24(31)22(34-25(29)32)11-16-14-28(21-9-2-1-8-20(16)21)15-23(30)27-13-19-7-4-10-33-19/h1-12,14H,13,15H2,(H,27,30)/b22-11-. The third-order valence-corrected chi connectivity index (χ3v) is 6.42. The van der Waals surface area contributed by atoms with Crippen LogP contribution in [0, 0.1) is 0 Å². The molecule has 0 aliphatic carbocycles. The minimum absolute atomic E-state index is 0.0963. The van der Waals surface area contributed by atoms with Crippen molar-refractivity contribution in [1.29, 1.82) is 0 Å². The van der Waals surface area contributed by atoms with Gasteiger partial charge < -0.3 is 14.3 Å². The topological polar surface area (TPSA) is 84.5 Å². The van der Waals surface area contributed by atoms with Crippen molar-refractivity contribution in [3.63, 3.8) is 0 Å². The van der Waals surface area contributed by atoms with E-state index in [0.717, 1.165) is 33.1 Å². The molecule has 1 aliphatic heterocycles. The van der Waals surface area contributed by atoms with Crippen LogP contribution in [0.3, 0.4) is 0 Å². The number of imide groups is 1. The molecule has 1 aliphatic rings. The molecule has 1 N–H and O–H groups in total. The number of para-hydroxylation sites is 1. The lowest BCUT2D eigenvalue weighted by molar-refractivity contribution is -0.121. The van der Waals surface area contributed by atoms with E-state index in [2.05, 4.69) is 5.32 Å². The number of fused-ring (bicyclic) bond motifs is 1. The molecule has 0 atom stereocenters. The lowest BCUT2D eigenvalue weighted by Gasteiger charge is -2.12. The summed E-state index contributed by atoms with van der Waals surface area (Å²) >= 11 is 6.91. The van der Waals surface area contributed by atoms with Crippen molar-refractivity contribution in [2.24, 2.45) is 0 Å². The number of anilines is 1. The second-order valence-corrected chi connectivity index (χ2v) is 9.01. The molecule has 170 valence electrons. The Morgan fingerprint density at radius 1 is 1.09 bits per heavy atom. The number of aromatic nitrogens is 1. The Balaban J connectivity index is 1.41. The normalized spacial score (nSPS) is 15.0. The number of benzene rings is 2. The predicted octanol–water partition coefficient (Wildman–Crippen LogP) is 5.45.